The van der Waals surface area contributed by atoms with Crippen molar-refractivity contribution < 1.29 is 14.5 Å². The van der Waals surface area contributed by atoms with Gasteiger partial charge in [-0.25, -0.2) is 0 Å². The lowest BCUT2D eigenvalue weighted by atomic mass is 10.0. The molecule has 6 nitrogen and oxygen atoms in total. The molecule has 1 rings (SSSR count). The lowest BCUT2D eigenvalue weighted by Crippen LogP contribution is -2.13. The standard InChI is InChI=1S/C9H8N2O4/c1-5-2-6(4-12)8(11(14)15)3-7(5)9(10)13/h2-4H,1H3,(H2,10,13). The van der Waals surface area contributed by atoms with E-state index < -0.39 is 16.5 Å². The Balaban J connectivity index is 3.50. The van der Waals surface area contributed by atoms with Gasteiger partial charge in [-0.15, -0.1) is 0 Å². The number of nitro benzene ring substituents is 1. The zero-order valence-electron chi connectivity index (χ0n) is 7.89. The molecule has 1 aromatic carbocycles. The first-order valence-corrected chi connectivity index (χ1v) is 4.01. The van der Waals surface area contributed by atoms with Gasteiger partial charge in [0.1, 0.15) is 0 Å². The summed E-state index contributed by atoms with van der Waals surface area (Å²) in [5.41, 5.74) is 5.03. The summed E-state index contributed by atoms with van der Waals surface area (Å²) in [5, 5.41) is 10.6. The van der Waals surface area contributed by atoms with Gasteiger partial charge in [-0.1, -0.05) is 0 Å². The molecule has 0 aromatic heterocycles. The zero-order chi connectivity index (χ0) is 11.6. The third-order valence-corrected chi connectivity index (χ3v) is 1.96. The Morgan fingerprint density at radius 3 is 2.53 bits per heavy atom. The maximum absolute atomic E-state index is 10.9. The summed E-state index contributed by atoms with van der Waals surface area (Å²) < 4.78 is 0. The molecular formula is C9H8N2O4. The third kappa shape index (κ3) is 1.98. The molecule has 0 radical (unpaired) electrons. The Labute approximate surface area is 84.8 Å². The normalized spacial score (nSPS) is 9.67. The smallest absolute Gasteiger partial charge is 0.280 e. The molecule has 0 saturated heterocycles. The number of hydrogen-bond acceptors (Lipinski definition) is 4. The molecule has 0 aliphatic heterocycles. The van der Waals surface area contributed by atoms with Crippen LogP contribution in [-0.2, 0) is 0 Å². The van der Waals surface area contributed by atoms with Crippen LogP contribution < -0.4 is 5.73 Å². The van der Waals surface area contributed by atoms with E-state index in [0.29, 0.717) is 11.8 Å². The number of nitrogens with zero attached hydrogens (tertiary/aromatic N) is 1. The van der Waals surface area contributed by atoms with Gasteiger partial charge in [0.2, 0.25) is 5.91 Å². The first kappa shape index (κ1) is 10.8. The summed E-state index contributed by atoms with van der Waals surface area (Å²) in [6.45, 7) is 1.55. The molecule has 2 N–H and O–H groups in total. The van der Waals surface area contributed by atoms with E-state index in [1.165, 1.54) is 6.07 Å². The Hall–Kier alpha value is -2.24. The molecule has 0 aliphatic rings. The molecule has 0 spiro atoms. The van der Waals surface area contributed by atoms with Gasteiger partial charge in [-0.05, 0) is 18.6 Å². The molecule has 0 fully saturated rings. The summed E-state index contributed by atoms with van der Waals surface area (Å²) in [4.78, 5) is 31.3. The van der Waals surface area contributed by atoms with Gasteiger partial charge in [-0.2, -0.15) is 0 Å². The number of nitrogens with two attached hydrogens (primary N) is 1. The fourth-order valence-corrected chi connectivity index (χ4v) is 1.24. The molecule has 0 aliphatic carbocycles. The molecule has 15 heavy (non-hydrogen) atoms. The quantitative estimate of drug-likeness (QED) is 0.451. The second-order valence-electron chi connectivity index (χ2n) is 2.97. The van der Waals surface area contributed by atoms with E-state index in [1.54, 1.807) is 6.92 Å². The van der Waals surface area contributed by atoms with E-state index in [-0.39, 0.29) is 11.1 Å². The topological polar surface area (TPSA) is 103 Å². The summed E-state index contributed by atoms with van der Waals surface area (Å²) in [5.74, 6) is -0.756. The molecule has 78 valence electrons. The monoisotopic (exact) mass is 208 g/mol. The molecule has 0 saturated carbocycles. The highest BCUT2D eigenvalue weighted by Gasteiger charge is 2.18. The molecular weight excluding hydrogens is 200 g/mol. The maximum atomic E-state index is 10.9. The van der Waals surface area contributed by atoms with E-state index in [1.807, 2.05) is 0 Å². The summed E-state index contributed by atoms with van der Waals surface area (Å²) in [6.07, 6.45) is 0.371. The fraction of sp³-hybridized carbons (Fsp3) is 0.111. The van der Waals surface area contributed by atoms with Crippen molar-refractivity contribution in [2.45, 2.75) is 6.92 Å². The Bertz CT molecular complexity index is 454. The van der Waals surface area contributed by atoms with Crippen LogP contribution in [0.5, 0.6) is 0 Å². The maximum Gasteiger partial charge on any atom is 0.280 e. The van der Waals surface area contributed by atoms with Gasteiger partial charge >= 0.3 is 0 Å². The molecule has 0 atom stereocenters. The van der Waals surface area contributed by atoms with Crippen LogP contribution >= 0.6 is 0 Å². The predicted molar refractivity (Wildman–Crippen MR) is 51.7 cm³/mol. The van der Waals surface area contributed by atoms with Crippen LogP contribution in [0.3, 0.4) is 0 Å². The lowest BCUT2D eigenvalue weighted by Gasteiger charge is -2.03. The van der Waals surface area contributed by atoms with Crippen molar-refractivity contribution in [3.63, 3.8) is 0 Å². The third-order valence-electron chi connectivity index (χ3n) is 1.96. The van der Waals surface area contributed by atoms with Crippen molar-refractivity contribution in [1.29, 1.82) is 0 Å². The lowest BCUT2D eigenvalue weighted by molar-refractivity contribution is -0.385. The van der Waals surface area contributed by atoms with Crippen molar-refractivity contribution in [3.05, 3.63) is 38.9 Å². The number of benzene rings is 1. The van der Waals surface area contributed by atoms with Gasteiger partial charge in [-0.3, -0.25) is 19.7 Å². The minimum Gasteiger partial charge on any atom is -0.366 e. The second-order valence-corrected chi connectivity index (χ2v) is 2.97. The van der Waals surface area contributed by atoms with Gasteiger partial charge in [0.25, 0.3) is 5.69 Å². The number of nitro groups is 1. The SMILES string of the molecule is Cc1cc(C=O)c([N+](=O)[O-])cc1C(N)=O. The highest BCUT2D eigenvalue weighted by molar-refractivity contribution is 5.96. The van der Waals surface area contributed by atoms with Crippen LogP contribution in [0.25, 0.3) is 0 Å². The first-order chi connectivity index (χ1) is 6.97. The number of aldehydes is 1. The van der Waals surface area contributed by atoms with Gasteiger partial charge in [0, 0.05) is 11.6 Å². The number of hydrogen-bond donors (Lipinski definition) is 1. The van der Waals surface area contributed by atoms with Crippen LogP contribution in [0.2, 0.25) is 0 Å². The Kier molecular flexibility index (Phi) is 2.80. The second kappa shape index (κ2) is 3.87. The van der Waals surface area contributed by atoms with Crippen LogP contribution in [0.1, 0.15) is 26.3 Å². The molecule has 0 heterocycles. The van der Waals surface area contributed by atoms with Crippen molar-refractivity contribution in [2.24, 2.45) is 5.73 Å². The van der Waals surface area contributed by atoms with E-state index in [4.69, 9.17) is 5.73 Å². The fourth-order valence-electron chi connectivity index (χ4n) is 1.24. The van der Waals surface area contributed by atoms with Gasteiger partial charge < -0.3 is 5.73 Å². The predicted octanol–water partition coefficient (Wildman–Crippen LogP) is 0.815. The molecule has 6 heteroatoms. The number of carbonyl (C=O) groups excluding carboxylic acids is 2. The van der Waals surface area contributed by atoms with Crippen LogP contribution in [0.4, 0.5) is 5.69 Å². The van der Waals surface area contributed by atoms with E-state index in [2.05, 4.69) is 0 Å². The highest BCUT2D eigenvalue weighted by Crippen LogP contribution is 2.21. The average Bonchev–Trinajstić information content (AvgIpc) is 2.16. The van der Waals surface area contributed by atoms with E-state index >= 15 is 0 Å². The zero-order valence-corrected chi connectivity index (χ0v) is 7.89. The van der Waals surface area contributed by atoms with Crippen molar-refractivity contribution in [2.75, 3.05) is 0 Å². The number of amides is 1. The number of primary amides is 1. The largest absolute Gasteiger partial charge is 0.366 e. The Morgan fingerprint density at radius 1 is 1.53 bits per heavy atom. The highest BCUT2D eigenvalue weighted by atomic mass is 16.6. The van der Waals surface area contributed by atoms with Gasteiger partial charge in [0.05, 0.1) is 10.5 Å². The number of rotatable bonds is 3. The van der Waals surface area contributed by atoms with E-state index in [0.717, 1.165) is 6.07 Å². The van der Waals surface area contributed by atoms with Gasteiger partial charge in [0.15, 0.2) is 6.29 Å². The van der Waals surface area contributed by atoms with Crippen molar-refractivity contribution in [3.8, 4) is 0 Å². The minimum absolute atomic E-state index is 0.0484. The molecule has 0 bridgehead atoms. The molecule has 1 aromatic rings. The summed E-state index contributed by atoms with van der Waals surface area (Å²) in [6, 6.07) is 2.28. The van der Waals surface area contributed by atoms with Crippen LogP contribution in [0, 0.1) is 17.0 Å². The average molecular weight is 208 g/mol. The van der Waals surface area contributed by atoms with Crippen molar-refractivity contribution in [1.82, 2.24) is 0 Å². The molecule has 0 unspecified atom stereocenters. The van der Waals surface area contributed by atoms with Crippen LogP contribution in [0.15, 0.2) is 12.1 Å². The summed E-state index contributed by atoms with van der Waals surface area (Å²) >= 11 is 0. The minimum atomic E-state index is -0.756. The van der Waals surface area contributed by atoms with E-state index in [9.17, 15) is 19.7 Å². The molecule has 1 amide bonds. The summed E-state index contributed by atoms with van der Waals surface area (Å²) in [7, 11) is 0. The van der Waals surface area contributed by atoms with Crippen molar-refractivity contribution >= 4 is 17.9 Å². The number of aryl methyl sites for hydroxylation is 1. The van der Waals surface area contributed by atoms with Crippen LogP contribution in [-0.4, -0.2) is 17.1 Å². The Morgan fingerprint density at radius 2 is 2.13 bits per heavy atom. The first-order valence-electron chi connectivity index (χ1n) is 4.01. The number of carbonyl (C=O) groups is 2.